The van der Waals surface area contributed by atoms with Gasteiger partial charge in [-0.1, -0.05) is 88.7 Å². The van der Waals surface area contributed by atoms with Crippen molar-refractivity contribution in [3.63, 3.8) is 0 Å². The van der Waals surface area contributed by atoms with Gasteiger partial charge in [-0.2, -0.15) is 0 Å². The van der Waals surface area contributed by atoms with E-state index in [0.29, 0.717) is 0 Å². The van der Waals surface area contributed by atoms with Gasteiger partial charge in [-0.05, 0) is 67.3 Å². The van der Waals surface area contributed by atoms with Gasteiger partial charge in [0, 0.05) is 29.0 Å². The molecule has 0 N–H and O–H groups in total. The minimum Gasteiger partial charge on any atom is -0.416 e. The molecule has 32 heavy (non-hydrogen) atoms. The molecule has 0 saturated carbocycles. The molecule has 2 aromatic rings. The maximum Gasteiger partial charge on any atom is 0.192 e. The van der Waals surface area contributed by atoms with Crippen LogP contribution in [-0.4, -0.2) is 39.5 Å². The molecule has 2 aromatic carbocycles. The fraction of sp³-hybridized carbons (Fsp3) is 0.571. The molecule has 1 fully saturated rings. The van der Waals surface area contributed by atoms with Crippen LogP contribution < -0.4 is 0 Å². The van der Waals surface area contributed by atoms with Crippen LogP contribution in [0.3, 0.4) is 0 Å². The lowest BCUT2D eigenvalue weighted by molar-refractivity contribution is 0.0936. The molecule has 1 saturated heterocycles. The highest BCUT2D eigenvalue weighted by molar-refractivity contribution is 6.74. The zero-order valence-corrected chi connectivity index (χ0v) is 22.9. The van der Waals surface area contributed by atoms with Crippen LogP contribution in [0, 0.1) is 0 Å². The predicted molar refractivity (Wildman–Crippen MR) is 141 cm³/mol. The molecule has 176 valence electrons. The number of hydrogen-bond donors (Lipinski definition) is 0. The number of nitrogens with zero attached hydrogens (tertiary/aromatic N) is 1. The van der Waals surface area contributed by atoms with Crippen molar-refractivity contribution in [3.05, 3.63) is 70.7 Å². The molecular weight excluding hydrogens is 430 g/mol. The van der Waals surface area contributed by atoms with Crippen molar-refractivity contribution in [2.24, 2.45) is 0 Å². The topological polar surface area (TPSA) is 12.5 Å². The Labute approximate surface area is 202 Å². The third-order valence-corrected chi connectivity index (χ3v) is 12.7. The molecule has 0 bridgehead atoms. The molecule has 1 heterocycles. The Morgan fingerprint density at radius 2 is 1.47 bits per heavy atom. The van der Waals surface area contributed by atoms with Crippen molar-refractivity contribution in [2.45, 2.75) is 76.4 Å². The van der Waals surface area contributed by atoms with Gasteiger partial charge in [0.1, 0.15) is 0 Å². The summed E-state index contributed by atoms with van der Waals surface area (Å²) in [5.74, 6) is 0. The Hall–Kier alpha value is -1.13. The summed E-state index contributed by atoms with van der Waals surface area (Å²) >= 11 is 6.11. The molecule has 4 heteroatoms. The third kappa shape index (κ3) is 5.86. The van der Waals surface area contributed by atoms with Crippen LogP contribution in [0.5, 0.6) is 0 Å². The number of likely N-dealkylation sites (tertiary alicyclic amines) is 1. The lowest BCUT2D eigenvalue weighted by Crippen LogP contribution is -2.51. The predicted octanol–water partition coefficient (Wildman–Crippen LogP) is 7.67. The molecule has 0 aliphatic carbocycles. The van der Waals surface area contributed by atoms with Gasteiger partial charge < -0.3 is 9.33 Å². The molecule has 1 aliphatic heterocycles. The zero-order chi connectivity index (χ0) is 23.6. The van der Waals surface area contributed by atoms with E-state index in [-0.39, 0.29) is 15.9 Å². The van der Waals surface area contributed by atoms with E-state index in [1.54, 1.807) is 0 Å². The molecule has 0 aromatic heterocycles. The Kier molecular flexibility index (Phi) is 7.66. The van der Waals surface area contributed by atoms with Crippen LogP contribution >= 0.6 is 11.6 Å². The molecule has 1 aliphatic rings. The van der Waals surface area contributed by atoms with Crippen LogP contribution in [0.25, 0.3) is 0 Å². The first kappa shape index (κ1) is 25.5. The minimum atomic E-state index is -1.80. The van der Waals surface area contributed by atoms with Gasteiger partial charge in [-0.25, -0.2) is 0 Å². The van der Waals surface area contributed by atoms with E-state index in [0.717, 1.165) is 44.1 Å². The summed E-state index contributed by atoms with van der Waals surface area (Å²) in [7, 11) is -1.80. The third-order valence-electron chi connectivity index (χ3n) is 7.96. The second-order valence-electron chi connectivity index (χ2n) is 11.9. The van der Waals surface area contributed by atoms with Crippen LogP contribution in [0.15, 0.2) is 54.6 Å². The quantitative estimate of drug-likeness (QED) is 0.384. The van der Waals surface area contributed by atoms with Crippen LogP contribution in [0.1, 0.15) is 58.6 Å². The van der Waals surface area contributed by atoms with Crippen molar-refractivity contribution in [3.8, 4) is 0 Å². The molecule has 0 atom stereocenters. The second-order valence-corrected chi connectivity index (χ2v) is 17.1. The largest absolute Gasteiger partial charge is 0.416 e. The number of benzene rings is 2. The fourth-order valence-corrected chi connectivity index (χ4v) is 5.73. The average Bonchev–Trinajstić information content (AvgIpc) is 2.73. The van der Waals surface area contributed by atoms with E-state index < -0.39 is 8.32 Å². The molecule has 0 unspecified atom stereocenters. The van der Waals surface area contributed by atoms with Crippen LogP contribution in [-0.2, 0) is 15.3 Å². The van der Waals surface area contributed by atoms with E-state index in [1.807, 2.05) is 12.1 Å². The van der Waals surface area contributed by atoms with E-state index >= 15 is 0 Å². The minimum absolute atomic E-state index is 0.0922. The maximum atomic E-state index is 6.82. The molecular formula is C28H42ClNOSi. The standard InChI is InChI=1S/C28H42ClNOSi/c1-26(2,3)32(6,7)31-22-28(24-11-9-8-10-12-24)17-19-30(20-18-28)21-27(4,5)23-13-15-25(29)16-14-23/h8-16H,17-22H2,1-7H3. The van der Waals surface area contributed by atoms with Crippen molar-refractivity contribution in [2.75, 3.05) is 26.2 Å². The Morgan fingerprint density at radius 1 is 0.906 bits per heavy atom. The first-order valence-electron chi connectivity index (χ1n) is 12.0. The number of halogens is 1. The monoisotopic (exact) mass is 471 g/mol. The van der Waals surface area contributed by atoms with Gasteiger partial charge >= 0.3 is 0 Å². The van der Waals surface area contributed by atoms with E-state index in [1.165, 1.54) is 11.1 Å². The number of piperidine rings is 1. The van der Waals surface area contributed by atoms with Crippen molar-refractivity contribution in [1.82, 2.24) is 4.90 Å². The maximum absolute atomic E-state index is 6.82. The van der Waals surface area contributed by atoms with E-state index in [4.69, 9.17) is 16.0 Å². The summed E-state index contributed by atoms with van der Waals surface area (Å²) in [4.78, 5) is 2.64. The smallest absolute Gasteiger partial charge is 0.192 e. The lowest BCUT2D eigenvalue weighted by Gasteiger charge is -2.46. The van der Waals surface area contributed by atoms with Crippen molar-refractivity contribution < 1.29 is 4.43 Å². The first-order valence-corrected chi connectivity index (χ1v) is 15.3. The van der Waals surface area contributed by atoms with E-state index in [2.05, 4.69) is 95.1 Å². The van der Waals surface area contributed by atoms with Crippen LogP contribution in [0.4, 0.5) is 0 Å². The summed E-state index contributed by atoms with van der Waals surface area (Å²) < 4.78 is 6.82. The summed E-state index contributed by atoms with van der Waals surface area (Å²) in [6.45, 7) is 20.5. The molecule has 0 spiro atoms. The van der Waals surface area contributed by atoms with E-state index in [9.17, 15) is 0 Å². The van der Waals surface area contributed by atoms with Gasteiger partial charge in [-0.15, -0.1) is 0 Å². The van der Waals surface area contributed by atoms with Gasteiger partial charge in [0.15, 0.2) is 8.32 Å². The highest BCUT2D eigenvalue weighted by atomic mass is 35.5. The highest BCUT2D eigenvalue weighted by Gasteiger charge is 2.43. The summed E-state index contributed by atoms with van der Waals surface area (Å²) in [5, 5.41) is 1.03. The highest BCUT2D eigenvalue weighted by Crippen LogP contribution is 2.41. The second kappa shape index (κ2) is 9.62. The van der Waals surface area contributed by atoms with Crippen molar-refractivity contribution >= 4 is 19.9 Å². The molecule has 2 nitrogen and oxygen atoms in total. The Bertz CT molecular complexity index is 863. The SMILES string of the molecule is CC(C)(CN1CCC(CO[Si](C)(C)C(C)(C)C)(c2ccccc2)CC1)c1ccc(Cl)cc1. The lowest BCUT2D eigenvalue weighted by atomic mass is 9.73. The Morgan fingerprint density at radius 3 is 2.00 bits per heavy atom. The van der Waals surface area contributed by atoms with Gasteiger partial charge in [-0.3, -0.25) is 0 Å². The van der Waals surface area contributed by atoms with Gasteiger partial charge in [0.25, 0.3) is 0 Å². The summed E-state index contributed by atoms with van der Waals surface area (Å²) in [6.07, 6.45) is 2.28. The Balaban J connectivity index is 1.73. The van der Waals surface area contributed by atoms with Gasteiger partial charge in [0.2, 0.25) is 0 Å². The van der Waals surface area contributed by atoms with Crippen LogP contribution in [0.2, 0.25) is 23.2 Å². The molecule has 0 radical (unpaired) electrons. The summed E-state index contributed by atoms with van der Waals surface area (Å²) in [6, 6.07) is 19.5. The first-order chi connectivity index (χ1) is 14.8. The number of rotatable bonds is 7. The van der Waals surface area contributed by atoms with Crippen molar-refractivity contribution in [1.29, 1.82) is 0 Å². The normalized spacial score (nSPS) is 18.0. The summed E-state index contributed by atoms with van der Waals surface area (Å²) in [5.41, 5.74) is 2.99. The van der Waals surface area contributed by atoms with Gasteiger partial charge in [0.05, 0.1) is 0 Å². The molecule has 3 rings (SSSR count). The average molecular weight is 472 g/mol. The molecule has 0 amide bonds. The number of hydrogen-bond acceptors (Lipinski definition) is 2. The zero-order valence-electron chi connectivity index (χ0n) is 21.2. The fourth-order valence-electron chi connectivity index (χ4n) is 4.53.